The molecule has 2 amide bonds. The average molecular weight is 558 g/mol. The molecule has 5 rings (SSSR count). The number of thioether (sulfide) groups is 1. The number of hydrogen-bond donors (Lipinski definition) is 1. The molecule has 13 heteroatoms. The number of pyridine rings is 1. The highest BCUT2D eigenvalue weighted by Gasteiger charge is 2.37. The van der Waals surface area contributed by atoms with Gasteiger partial charge in [-0.2, -0.15) is 0 Å². The zero-order valence-corrected chi connectivity index (χ0v) is 22.4. The van der Waals surface area contributed by atoms with Gasteiger partial charge in [-0.1, -0.05) is 30.0 Å². The molecular formula is C25H27N5O6S2. The van der Waals surface area contributed by atoms with Gasteiger partial charge in [0.05, 0.1) is 36.1 Å². The molecule has 0 aromatic carbocycles. The van der Waals surface area contributed by atoms with Gasteiger partial charge in [0.15, 0.2) is 0 Å². The molecule has 0 saturated carbocycles. The predicted molar refractivity (Wildman–Crippen MR) is 146 cm³/mol. The summed E-state index contributed by atoms with van der Waals surface area (Å²) in [6.07, 6.45) is 4.60. The van der Waals surface area contributed by atoms with E-state index in [1.54, 1.807) is 36.2 Å². The van der Waals surface area contributed by atoms with Gasteiger partial charge >= 0.3 is 5.97 Å². The number of carbonyl (C=O) groups excluding carboxylic acids is 3. The third-order valence-electron chi connectivity index (χ3n) is 6.58. The SMILES string of the molecule is CCOC(=O)CC1C(=O)NCCN1c1nc2ccccn2c(=O)c1C=C1SC(=S)N(CC2CCCO2)C1=O. The molecule has 3 aliphatic rings. The minimum absolute atomic E-state index is 0.0733. The first-order valence-electron chi connectivity index (χ1n) is 12.5. The van der Waals surface area contributed by atoms with E-state index in [9.17, 15) is 19.2 Å². The molecule has 2 aromatic rings. The molecule has 3 aliphatic heterocycles. The summed E-state index contributed by atoms with van der Waals surface area (Å²) in [5, 5.41) is 2.77. The minimum Gasteiger partial charge on any atom is -0.466 e. The maximum absolute atomic E-state index is 13.7. The van der Waals surface area contributed by atoms with Crippen molar-refractivity contribution in [3.63, 3.8) is 0 Å². The first-order valence-corrected chi connectivity index (χ1v) is 13.7. The summed E-state index contributed by atoms with van der Waals surface area (Å²) in [5.74, 6) is -0.991. The number of piperazine rings is 1. The lowest BCUT2D eigenvalue weighted by molar-refractivity contribution is -0.145. The van der Waals surface area contributed by atoms with Gasteiger partial charge in [0.2, 0.25) is 5.91 Å². The topological polar surface area (TPSA) is 123 Å². The number of nitrogens with zero attached hydrogens (tertiary/aromatic N) is 4. The molecular weight excluding hydrogens is 530 g/mol. The Kier molecular flexibility index (Phi) is 7.77. The number of amides is 2. The molecule has 3 fully saturated rings. The van der Waals surface area contributed by atoms with Gasteiger partial charge in [0.25, 0.3) is 11.5 Å². The second-order valence-electron chi connectivity index (χ2n) is 9.02. The van der Waals surface area contributed by atoms with Crippen molar-refractivity contribution in [1.82, 2.24) is 19.6 Å². The van der Waals surface area contributed by atoms with Crippen LogP contribution in [0.3, 0.4) is 0 Å². The molecule has 0 radical (unpaired) electrons. The van der Waals surface area contributed by atoms with Crippen LogP contribution in [0.5, 0.6) is 0 Å². The van der Waals surface area contributed by atoms with Crippen LogP contribution in [-0.2, 0) is 23.9 Å². The van der Waals surface area contributed by atoms with Crippen molar-refractivity contribution in [3.8, 4) is 0 Å². The van der Waals surface area contributed by atoms with E-state index >= 15 is 0 Å². The van der Waals surface area contributed by atoms with E-state index in [4.69, 9.17) is 26.7 Å². The van der Waals surface area contributed by atoms with E-state index in [0.29, 0.717) is 36.2 Å². The smallest absolute Gasteiger partial charge is 0.308 e. The molecule has 200 valence electrons. The fourth-order valence-corrected chi connectivity index (χ4v) is 6.02. The molecule has 0 aliphatic carbocycles. The number of esters is 1. The Morgan fingerprint density at radius 2 is 2.18 bits per heavy atom. The first-order chi connectivity index (χ1) is 18.4. The first kappa shape index (κ1) is 26.3. The Morgan fingerprint density at radius 3 is 2.95 bits per heavy atom. The predicted octanol–water partition coefficient (Wildman–Crippen LogP) is 1.33. The highest BCUT2D eigenvalue weighted by Crippen LogP contribution is 2.35. The summed E-state index contributed by atoms with van der Waals surface area (Å²) < 4.78 is 12.5. The number of ether oxygens (including phenoxy) is 2. The summed E-state index contributed by atoms with van der Waals surface area (Å²) in [6, 6.07) is 4.21. The summed E-state index contributed by atoms with van der Waals surface area (Å²) in [4.78, 5) is 60.4. The van der Waals surface area contributed by atoms with E-state index in [1.165, 1.54) is 15.4 Å². The highest BCUT2D eigenvalue weighted by molar-refractivity contribution is 8.26. The van der Waals surface area contributed by atoms with Crippen LogP contribution in [0, 0.1) is 0 Å². The van der Waals surface area contributed by atoms with Crippen LogP contribution in [0.15, 0.2) is 34.1 Å². The number of thiocarbonyl (C=S) groups is 1. The molecule has 1 N–H and O–H groups in total. The van der Waals surface area contributed by atoms with Crippen molar-refractivity contribution in [3.05, 3.63) is 45.2 Å². The monoisotopic (exact) mass is 557 g/mol. The van der Waals surface area contributed by atoms with Gasteiger partial charge in [-0.25, -0.2) is 4.98 Å². The number of anilines is 1. The van der Waals surface area contributed by atoms with Crippen molar-refractivity contribution >= 4 is 63.6 Å². The summed E-state index contributed by atoms with van der Waals surface area (Å²) in [6.45, 7) is 3.51. The van der Waals surface area contributed by atoms with Crippen molar-refractivity contribution in [1.29, 1.82) is 0 Å². The van der Waals surface area contributed by atoms with Crippen LogP contribution in [0.1, 0.15) is 31.7 Å². The van der Waals surface area contributed by atoms with Gasteiger partial charge in [-0.05, 0) is 38.0 Å². The van der Waals surface area contributed by atoms with E-state index in [-0.39, 0.29) is 47.2 Å². The molecule has 2 unspecified atom stereocenters. The normalized spacial score (nSPS) is 23.0. The van der Waals surface area contributed by atoms with E-state index < -0.39 is 17.6 Å². The Bertz CT molecular complexity index is 1390. The highest BCUT2D eigenvalue weighted by atomic mass is 32.2. The zero-order chi connectivity index (χ0) is 26.8. The lowest BCUT2D eigenvalue weighted by atomic mass is 10.1. The van der Waals surface area contributed by atoms with Gasteiger partial charge in [-0.15, -0.1) is 0 Å². The number of carbonyl (C=O) groups is 3. The van der Waals surface area contributed by atoms with Gasteiger partial charge in [0, 0.05) is 25.9 Å². The van der Waals surface area contributed by atoms with Crippen LogP contribution in [0.4, 0.5) is 5.82 Å². The molecule has 5 heterocycles. The van der Waals surface area contributed by atoms with Crippen LogP contribution in [0.25, 0.3) is 11.7 Å². The van der Waals surface area contributed by atoms with Crippen LogP contribution >= 0.6 is 24.0 Å². The van der Waals surface area contributed by atoms with Crippen LogP contribution < -0.4 is 15.8 Å². The molecule has 0 spiro atoms. The lowest BCUT2D eigenvalue weighted by Crippen LogP contribution is -2.57. The number of fused-ring (bicyclic) bond motifs is 1. The average Bonchev–Trinajstić information content (AvgIpc) is 3.51. The van der Waals surface area contributed by atoms with Gasteiger partial charge in [0.1, 0.15) is 21.8 Å². The third kappa shape index (κ3) is 5.18. The van der Waals surface area contributed by atoms with Crippen LogP contribution in [0.2, 0.25) is 0 Å². The second kappa shape index (κ2) is 11.2. The molecule has 0 bridgehead atoms. The number of nitrogens with one attached hydrogen (secondary N) is 1. The van der Waals surface area contributed by atoms with Crippen molar-refractivity contribution in [2.24, 2.45) is 0 Å². The third-order valence-corrected chi connectivity index (χ3v) is 7.95. The maximum atomic E-state index is 13.7. The Morgan fingerprint density at radius 1 is 1.34 bits per heavy atom. The van der Waals surface area contributed by atoms with Crippen molar-refractivity contribution in [2.45, 2.75) is 38.3 Å². The molecule has 11 nitrogen and oxygen atoms in total. The Balaban J connectivity index is 1.57. The summed E-state index contributed by atoms with van der Waals surface area (Å²) in [5.41, 5.74) is 0.0992. The largest absolute Gasteiger partial charge is 0.466 e. The van der Waals surface area contributed by atoms with E-state index in [2.05, 4.69) is 5.32 Å². The molecule has 38 heavy (non-hydrogen) atoms. The number of rotatable bonds is 7. The van der Waals surface area contributed by atoms with Gasteiger partial charge < -0.3 is 19.7 Å². The Hall–Kier alpha value is -3.29. The van der Waals surface area contributed by atoms with Gasteiger partial charge in [-0.3, -0.25) is 28.5 Å². The fraction of sp³-hybridized carbons (Fsp3) is 0.440. The fourth-order valence-electron chi connectivity index (χ4n) is 4.77. The minimum atomic E-state index is -0.929. The molecule has 3 saturated heterocycles. The summed E-state index contributed by atoms with van der Waals surface area (Å²) in [7, 11) is 0. The molecule has 2 atom stereocenters. The zero-order valence-electron chi connectivity index (χ0n) is 20.8. The Labute approximate surface area is 228 Å². The van der Waals surface area contributed by atoms with Crippen molar-refractivity contribution in [2.75, 3.05) is 37.7 Å². The van der Waals surface area contributed by atoms with E-state index in [0.717, 1.165) is 24.6 Å². The van der Waals surface area contributed by atoms with Crippen LogP contribution in [-0.4, -0.2) is 81.4 Å². The second-order valence-corrected chi connectivity index (χ2v) is 10.7. The van der Waals surface area contributed by atoms with Crippen molar-refractivity contribution < 1.29 is 23.9 Å². The number of aromatic nitrogens is 2. The lowest BCUT2D eigenvalue weighted by Gasteiger charge is -2.36. The number of hydrogen-bond acceptors (Lipinski definition) is 10. The quantitative estimate of drug-likeness (QED) is 0.303. The van der Waals surface area contributed by atoms with E-state index in [1.807, 2.05) is 0 Å². The standard InChI is InChI=1S/C25H27N5O6S2/c1-2-35-20(31)13-17-22(32)26-8-10-28(17)21-16(23(33)29-9-4-3-7-19(29)27-21)12-18-24(34)30(25(37)38-18)14-15-6-5-11-36-15/h3-4,7,9,12,15,17H,2,5-6,8,10-11,13-14H2,1H3,(H,26,32). The summed E-state index contributed by atoms with van der Waals surface area (Å²) >= 11 is 6.59. The maximum Gasteiger partial charge on any atom is 0.308 e. The molecule has 2 aromatic heterocycles.